The highest BCUT2D eigenvalue weighted by Gasteiger charge is 2.29. The van der Waals surface area contributed by atoms with Crippen molar-refractivity contribution in [3.05, 3.63) is 24.3 Å². The minimum atomic E-state index is -0.806. The van der Waals surface area contributed by atoms with Crippen molar-refractivity contribution in [3.63, 3.8) is 0 Å². The summed E-state index contributed by atoms with van der Waals surface area (Å²) in [5.74, 6) is 0.0347. The molecule has 0 saturated heterocycles. The minimum absolute atomic E-state index is 0.0284. The summed E-state index contributed by atoms with van der Waals surface area (Å²) in [6.45, 7) is 6.19. The molecule has 1 rings (SSSR count). The van der Waals surface area contributed by atoms with Crippen molar-refractivity contribution >= 4 is 0 Å². The number of hydrogen-bond donors (Lipinski definition) is 0. The van der Waals surface area contributed by atoms with E-state index in [4.69, 9.17) is 0 Å². The van der Waals surface area contributed by atoms with Gasteiger partial charge in [0.1, 0.15) is 6.17 Å². The Balaban J connectivity index is 2.74. The van der Waals surface area contributed by atoms with E-state index in [2.05, 4.69) is 20.8 Å². The summed E-state index contributed by atoms with van der Waals surface area (Å²) >= 11 is 0. The summed E-state index contributed by atoms with van der Waals surface area (Å²) in [5.41, 5.74) is 0.0284. The predicted octanol–water partition coefficient (Wildman–Crippen LogP) is 3.11. The second kappa shape index (κ2) is 2.80. The van der Waals surface area contributed by atoms with E-state index < -0.39 is 6.17 Å². The summed E-state index contributed by atoms with van der Waals surface area (Å²) in [5, 5.41) is 0. The summed E-state index contributed by atoms with van der Waals surface area (Å²) in [6, 6.07) is 0. The van der Waals surface area contributed by atoms with Gasteiger partial charge < -0.3 is 0 Å². The van der Waals surface area contributed by atoms with Gasteiger partial charge in [0.15, 0.2) is 0 Å². The van der Waals surface area contributed by atoms with Crippen LogP contribution in [0.3, 0.4) is 0 Å². The fourth-order valence-corrected chi connectivity index (χ4v) is 1.35. The van der Waals surface area contributed by atoms with Crippen molar-refractivity contribution in [3.8, 4) is 0 Å². The Morgan fingerprint density at radius 1 is 1.09 bits per heavy atom. The summed E-state index contributed by atoms with van der Waals surface area (Å²) < 4.78 is 13.2. The van der Waals surface area contributed by atoms with Crippen LogP contribution in [0, 0.1) is 11.3 Å². The standard InChI is InChI=1S/C10H15F/c1-10(2,3)8-6-4-5-7-9(8)11/h4-9H,1-3H3. The van der Waals surface area contributed by atoms with E-state index in [1.54, 1.807) is 12.2 Å². The second-order valence-electron chi connectivity index (χ2n) is 4.11. The summed E-state index contributed by atoms with van der Waals surface area (Å²) in [4.78, 5) is 0. The molecule has 0 aromatic heterocycles. The molecular formula is C10H15F. The van der Waals surface area contributed by atoms with Crippen LogP contribution >= 0.6 is 0 Å². The van der Waals surface area contributed by atoms with Crippen LogP contribution in [0.1, 0.15) is 20.8 Å². The monoisotopic (exact) mass is 154 g/mol. The molecule has 2 unspecified atom stereocenters. The van der Waals surface area contributed by atoms with Crippen LogP contribution < -0.4 is 0 Å². The molecule has 0 aromatic carbocycles. The normalized spacial score (nSPS) is 30.9. The van der Waals surface area contributed by atoms with E-state index in [1.165, 1.54) is 0 Å². The number of alkyl halides is 1. The first-order chi connectivity index (χ1) is 5.02. The Hall–Kier alpha value is -0.590. The lowest BCUT2D eigenvalue weighted by Gasteiger charge is -2.30. The van der Waals surface area contributed by atoms with Crippen LogP contribution in [0.15, 0.2) is 24.3 Å². The van der Waals surface area contributed by atoms with Crippen molar-refractivity contribution in [1.29, 1.82) is 0 Å². The number of halogens is 1. The van der Waals surface area contributed by atoms with Crippen LogP contribution in [0.4, 0.5) is 4.39 Å². The fraction of sp³-hybridized carbons (Fsp3) is 0.600. The zero-order valence-electron chi connectivity index (χ0n) is 7.34. The largest absolute Gasteiger partial charge is 0.242 e. The SMILES string of the molecule is CC(C)(C)C1C=CC=CC1F. The third-order valence-electron chi connectivity index (χ3n) is 2.07. The third kappa shape index (κ3) is 1.92. The van der Waals surface area contributed by atoms with Gasteiger partial charge in [-0.25, -0.2) is 4.39 Å². The Morgan fingerprint density at radius 2 is 1.64 bits per heavy atom. The predicted molar refractivity (Wildman–Crippen MR) is 46.1 cm³/mol. The Kier molecular flexibility index (Phi) is 2.17. The first-order valence-electron chi connectivity index (χ1n) is 4.01. The fourth-order valence-electron chi connectivity index (χ4n) is 1.35. The van der Waals surface area contributed by atoms with Crippen molar-refractivity contribution in [2.75, 3.05) is 0 Å². The highest BCUT2D eigenvalue weighted by molar-refractivity contribution is 5.17. The Morgan fingerprint density at radius 3 is 2.00 bits per heavy atom. The van der Waals surface area contributed by atoms with E-state index in [1.807, 2.05) is 12.2 Å². The molecule has 2 atom stereocenters. The molecule has 11 heavy (non-hydrogen) atoms. The highest BCUT2D eigenvalue weighted by Crippen LogP contribution is 2.33. The number of allylic oxidation sites excluding steroid dienone is 4. The minimum Gasteiger partial charge on any atom is -0.242 e. The van der Waals surface area contributed by atoms with Gasteiger partial charge in [0.25, 0.3) is 0 Å². The molecule has 0 amide bonds. The van der Waals surface area contributed by atoms with E-state index in [-0.39, 0.29) is 11.3 Å². The Labute approximate surface area is 67.8 Å². The van der Waals surface area contributed by atoms with Gasteiger partial charge in [-0.2, -0.15) is 0 Å². The first kappa shape index (κ1) is 8.51. The summed E-state index contributed by atoms with van der Waals surface area (Å²) in [6.07, 6.45) is 6.46. The maximum atomic E-state index is 13.2. The molecule has 1 aliphatic rings. The van der Waals surface area contributed by atoms with E-state index >= 15 is 0 Å². The smallest absolute Gasteiger partial charge is 0.125 e. The van der Waals surface area contributed by atoms with Gasteiger partial charge in [0.2, 0.25) is 0 Å². The molecule has 0 nitrogen and oxygen atoms in total. The quantitative estimate of drug-likeness (QED) is 0.503. The van der Waals surface area contributed by atoms with E-state index in [0.717, 1.165) is 0 Å². The van der Waals surface area contributed by atoms with Crippen LogP contribution in [-0.2, 0) is 0 Å². The van der Waals surface area contributed by atoms with Gasteiger partial charge >= 0.3 is 0 Å². The lowest BCUT2D eigenvalue weighted by atomic mass is 9.76. The summed E-state index contributed by atoms with van der Waals surface area (Å²) in [7, 11) is 0. The molecule has 0 aliphatic heterocycles. The van der Waals surface area contributed by atoms with Crippen LogP contribution in [0.2, 0.25) is 0 Å². The van der Waals surface area contributed by atoms with Gasteiger partial charge in [0.05, 0.1) is 0 Å². The van der Waals surface area contributed by atoms with Gasteiger partial charge in [0, 0.05) is 5.92 Å². The van der Waals surface area contributed by atoms with Crippen molar-refractivity contribution in [2.24, 2.45) is 11.3 Å². The van der Waals surface area contributed by atoms with Gasteiger partial charge in [-0.05, 0) is 5.41 Å². The van der Waals surface area contributed by atoms with Crippen molar-refractivity contribution in [1.82, 2.24) is 0 Å². The topological polar surface area (TPSA) is 0 Å². The molecule has 1 aliphatic carbocycles. The molecule has 62 valence electrons. The number of hydrogen-bond acceptors (Lipinski definition) is 0. The maximum Gasteiger partial charge on any atom is 0.125 e. The highest BCUT2D eigenvalue weighted by atomic mass is 19.1. The average molecular weight is 154 g/mol. The molecule has 0 heterocycles. The lowest BCUT2D eigenvalue weighted by molar-refractivity contribution is 0.187. The average Bonchev–Trinajstić information content (AvgIpc) is 1.86. The van der Waals surface area contributed by atoms with Crippen LogP contribution in [0.5, 0.6) is 0 Å². The molecule has 0 spiro atoms. The lowest BCUT2D eigenvalue weighted by Crippen LogP contribution is -2.27. The number of rotatable bonds is 0. The van der Waals surface area contributed by atoms with Crippen LogP contribution in [-0.4, -0.2) is 6.17 Å². The molecular weight excluding hydrogens is 139 g/mol. The molecule has 0 saturated carbocycles. The van der Waals surface area contributed by atoms with Gasteiger partial charge in [-0.15, -0.1) is 0 Å². The van der Waals surface area contributed by atoms with Crippen molar-refractivity contribution in [2.45, 2.75) is 26.9 Å². The maximum absolute atomic E-state index is 13.2. The Bertz CT molecular complexity index is 184. The third-order valence-corrected chi connectivity index (χ3v) is 2.07. The van der Waals surface area contributed by atoms with E-state index in [0.29, 0.717) is 0 Å². The zero-order valence-corrected chi connectivity index (χ0v) is 7.34. The molecule has 0 bridgehead atoms. The zero-order chi connectivity index (χ0) is 8.48. The molecule has 1 heteroatoms. The van der Waals surface area contributed by atoms with Gasteiger partial charge in [-0.3, -0.25) is 0 Å². The second-order valence-corrected chi connectivity index (χ2v) is 4.11. The van der Waals surface area contributed by atoms with E-state index in [9.17, 15) is 4.39 Å². The molecule has 0 fully saturated rings. The molecule has 0 N–H and O–H groups in total. The van der Waals surface area contributed by atoms with Crippen molar-refractivity contribution < 1.29 is 4.39 Å². The van der Waals surface area contributed by atoms with Crippen LogP contribution in [0.25, 0.3) is 0 Å². The van der Waals surface area contributed by atoms with Gasteiger partial charge in [-0.1, -0.05) is 45.1 Å². The first-order valence-corrected chi connectivity index (χ1v) is 4.01. The molecule has 0 aromatic rings. The molecule has 0 radical (unpaired) electrons.